The van der Waals surface area contributed by atoms with Gasteiger partial charge in [0.15, 0.2) is 0 Å². The van der Waals surface area contributed by atoms with Crippen LogP contribution in [0.1, 0.15) is 17.8 Å². The summed E-state index contributed by atoms with van der Waals surface area (Å²) in [6, 6.07) is 0.509. The Morgan fingerprint density at radius 3 is 3.00 bits per heavy atom. The lowest BCUT2D eigenvalue weighted by Gasteiger charge is -2.26. The van der Waals surface area contributed by atoms with Crippen molar-refractivity contribution in [3.05, 3.63) is 16.6 Å². The highest BCUT2D eigenvalue weighted by Crippen LogP contribution is 2.12. The summed E-state index contributed by atoms with van der Waals surface area (Å²) < 4.78 is 0. The molecule has 1 aromatic rings. The Morgan fingerprint density at radius 1 is 1.57 bits per heavy atom. The van der Waals surface area contributed by atoms with Gasteiger partial charge < -0.3 is 4.90 Å². The van der Waals surface area contributed by atoms with E-state index in [1.54, 1.807) is 11.3 Å². The summed E-state index contributed by atoms with van der Waals surface area (Å²) in [5, 5.41) is 3.00. The molecule has 1 aromatic heterocycles. The Morgan fingerprint density at radius 2 is 2.36 bits per heavy atom. The van der Waals surface area contributed by atoms with E-state index in [9.17, 15) is 0 Å². The van der Waals surface area contributed by atoms with Crippen LogP contribution in [0, 0.1) is 0 Å². The highest BCUT2D eigenvalue weighted by Gasteiger charge is 2.14. The van der Waals surface area contributed by atoms with Crippen LogP contribution < -0.4 is 0 Å². The average Bonchev–Trinajstić information content (AvgIpc) is 2.70. The molecular weight excluding hydrogens is 194 g/mol. The van der Waals surface area contributed by atoms with Crippen molar-refractivity contribution in [1.29, 1.82) is 0 Å². The molecule has 0 aromatic carbocycles. The van der Waals surface area contributed by atoms with E-state index in [1.807, 2.05) is 17.8 Å². The number of nitrogens with zero attached hydrogens (tertiary/aromatic N) is 3. The smallest absolute Gasteiger partial charge is 0.133 e. The van der Waals surface area contributed by atoms with E-state index in [2.05, 4.69) is 21.9 Å². The molecule has 14 heavy (non-hydrogen) atoms. The van der Waals surface area contributed by atoms with E-state index in [4.69, 9.17) is 0 Å². The van der Waals surface area contributed by atoms with Gasteiger partial charge in [-0.1, -0.05) is 0 Å². The van der Waals surface area contributed by atoms with Gasteiger partial charge in [0.05, 0.1) is 12.3 Å². The Labute approximate surface area is 88.5 Å². The monoisotopic (exact) mass is 209 g/mol. The van der Waals surface area contributed by atoms with Crippen LogP contribution in [0.5, 0.6) is 0 Å². The minimum Gasteiger partial charge on any atom is -0.306 e. The van der Waals surface area contributed by atoms with Crippen molar-refractivity contribution in [2.45, 2.75) is 18.9 Å². The van der Waals surface area contributed by atoms with Gasteiger partial charge in [-0.2, -0.15) is 0 Å². The van der Waals surface area contributed by atoms with Gasteiger partial charge in [0, 0.05) is 11.6 Å². The van der Waals surface area contributed by atoms with Crippen LogP contribution >= 0.6 is 11.3 Å². The summed E-state index contributed by atoms with van der Waals surface area (Å²) in [5.74, 6) is 0. The van der Waals surface area contributed by atoms with Gasteiger partial charge in [-0.3, -0.25) is 4.99 Å². The third kappa shape index (κ3) is 2.62. The summed E-state index contributed by atoms with van der Waals surface area (Å²) in [7, 11) is 2.17. The number of thiazole rings is 1. The second-order valence-corrected chi connectivity index (χ2v) is 4.61. The molecule has 2 heterocycles. The number of rotatable bonds is 2. The molecular formula is C10H15N3S. The number of aromatic nitrogens is 1. The molecule has 0 unspecified atom stereocenters. The first kappa shape index (κ1) is 9.80. The van der Waals surface area contributed by atoms with Crippen LogP contribution in [0.2, 0.25) is 0 Å². The van der Waals surface area contributed by atoms with Gasteiger partial charge in [0.1, 0.15) is 5.01 Å². The quantitative estimate of drug-likeness (QED) is 0.693. The minimum absolute atomic E-state index is 0.509. The Bertz CT molecular complexity index is 286. The first-order valence-corrected chi connectivity index (χ1v) is 5.84. The van der Waals surface area contributed by atoms with Crippen LogP contribution in [0.15, 0.2) is 16.6 Å². The van der Waals surface area contributed by atoms with Crippen molar-refractivity contribution < 1.29 is 0 Å². The summed E-state index contributed by atoms with van der Waals surface area (Å²) in [6.07, 6.45) is 6.10. The lowest BCUT2D eigenvalue weighted by atomic mass is 10.1. The van der Waals surface area contributed by atoms with Crippen molar-refractivity contribution in [1.82, 2.24) is 9.88 Å². The molecule has 0 spiro atoms. The molecule has 0 aliphatic carbocycles. The van der Waals surface area contributed by atoms with Crippen molar-refractivity contribution in [2.75, 3.05) is 20.1 Å². The van der Waals surface area contributed by atoms with E-state index in [-0.39, 0.29) is 0 Å². The van der Waals surface area contributed by atoms with Gasteiger partial charge in [0.2, 0.25) is 0 Å². The van der Waals surface area contributed by atoms with Gasteiger partial charge in [0.25, 0.3) is 0 Å². The fraction of sp³-hybridized carbons (Fsp3) is 0.600. The fourth-order valence-corrected chi connectivity index (χ4v) is 2.12. The van der Waals surface area contributed by atoms with Crippen molar-refractivity contribution in [3.8, 4) is 0 Å². The Kier molecular flexibility index (Phi) is 3.26. The Hall–Kier alpha value is -0.740. The predicted molar refractivity (Wildman–Crippen MR) is 60.2 cm³/mol. The normalized spacial score (nSPS) is 20.6. The predicted octanol–water partition coefficient (Wildman–Crippen LogP) is 1.66. The van der Waals surface area contributed by atoms with Crippen molar-refractivity contribution >= 4 is 17.6 Å². The molecule has 4 heteroatoms. The lowest BCUT2D eigenvalue weighted by Crippen LogP contribution is -2.32. The molecule has 1 fully saturated rings. The second kappa shape index (κ2) is 4.66. The largest absolute Gasteiger partial charge is 0.306 e. The maximum Gasteiger partial charge on any atom is 0.133 e. The van der Waals surface area contributed by atoms with Gasteiger partial charge >= 0.3 is 0 Å². The number of hydrogen-bond acceptors (Lipinski definition) is 4. The highest BCUT2D eigenvalue weighted by atomic mass is 32.1. The maximum atomic E-state index is 4.56. The number of likely N-dealkylation sites (tertiary alicyclic amines) is 1. The Balaban J connectivity index is 1.86. The van der Waals surface area contributed by atoms with E-state index in [0.717, 1.165) is 5.01 Å². The average molecular weight is 209 g/mol. The molecule has 1 aliphatic heterocycles. The van der Waals surface area contributed by atoms with Gasteiger partial charge in [-0.05, 0) is 33.0 Å². The third-order valence-electron chi connectivity index (χ3n) is 2.54. The highest BCUT2D eigenvalue weighted by molar-refractivity contribution is 7.11. The molecule has 76 valence electrons. The fourth-order valence-electron chi connectivity index (χ4n) is 1.61. The molecule has 0 amide bonds. The molecule has 3 nitrogen and oxygen atoms in total. The van der Waals surface area contributed by atoms with Crippen molar-refractivity contribution in [3.63, 3.8) is 0 Å². The number of piperidine rings is 1. The SMILES string of the molecule is CN1CCC(N=Cc2nccs2)CC1. The van der Waals surface area contributed by atoms with E-state index >= 15 is 0 Å². The standard InChI is InChI=1S/C10H15N3S/c1-13-5-2-9(3-6-13)12-8-10-11-4-7-14-10/h4,7-9H,2-3,5-6H2,1H3. The summed E-state index contributed by atoms with van der Waals surface area (Å²) in [6.45, 7) is 2.33. The zero-order valence-electron chi connectivity index (χ0n) is 8.39. The van der Waals surface area contributed by atoms with Crippen LogP contribution in [-0.4, -0.2) is 42.3 Å². The number of hydrogen-bond donors (Lipinski definition) is 0. The maximum absolute atomic E-state index is 4.56. The molecule has 1 saturated heterocycles. The third-order valence-corrected chi connectivity index (χ3v) is 3.25. The molecule has 2 rings (SSSR count). The van der Waals surface area contributed by atoms with Gasteiger partial charge in [-0.25, -0.2) is 4.98 Å². The first-order valence-electron chi connectivity index (χ1n) is 4.96. The molecule has 0 atom stereocenters. The van der Waals surface area contributed by atoms with E-state index in [0.29, 0.717) is 6.04 Å². The van der Waals surface area contributed by atoms with E-state index < -0.39 is 0 Å². The lowest BCUT2D eigenvalue weighted by molar-refractivity contribution is 0.257. The summed E-state index contributed by atoms with van der Waals surface area (Å²) in [4.78, 5) is 11.1. The molecule has 1 aliphatic rings. The molecule has 0 saturated carbocycles. The first-order chi connectivity index (χ1) is 6.84. The zero-order valence-corrected chi connectivity index (χ0v) is 9.20. The molecule has 0 N–H and O–H groups in total. The molecule has 0 radical (unpaired) electrons. The van der Waals surface area contributed by atoms with Gasteiger partial charge in [-0.15, -0.1) is 11.3 Å². The second-order valence-electron chi connectivity index (χ2n) is 3.68. The van der Waals surface area contributed by atoms with Crippen LogP contribution in [0.4, 0.5) is 0 Å². The summed E-state index contributed by atoms with van der Waals surface area (Å²) in [5.41, 5.74) is 0. The van der Waals surface area contributed by atoms with Crippen LogP contribution in [-0.2, 0) is 0 Å². The topological polar surface area (TPSA) is 28.5 Å². The van der Waals surface area contributed by atoms with Crippen LogP contribution in [0.3, 0.4) is 0 Å². The molecule has 0 bridgehead atoms. The van der Waals surface area contributed by atoms with Crippen LogP contribution in [0.25, 0.3) is 0 Å². The zero-order chi connectivity index (χ0) is 9.80. The van der Waals surface area contributed by atoms with E-state index in [1.165, 1.54) is 25.9 Å². The summed E-state index contributed by atoms with van der Waals surface area (Å²) >= 11 is 1.64. The van der Waals surface area contributed by atoms with Crippen molar-refractivity contribution in [2.24, 2.45) is 4.99 Å². The minimum atomic E-state index is 0.509. The number of aliphatic imine (C=N–C) groups is 1.